The summed E-state index contributed by atoms with van der Waals surface area (Å²) in [5, 5.41) is 4.41. The lowest BCUT2D eigenvalue weighted by atomic mass is 9.73. The number of thioether (sulfide) groups is 1. The van der Waals surface area contributed by atoms with Crippen LogP contribution < -0.4 is 11.1 Å². The lowest BCUT2D eigenvalue weighted by molar-refractivity contribution is -0.110. The fourth-order valence-corrected chi connectivity index (χ4v) is 8.13. The summed E-state index contributed by atoms with van der Waals surface area (Å²) in [7, 11) is 0. The summed E-state index contributed by atoms with van der Waals surface area (Å²) in [6.45, 7) is 2.12. The van der Waals surface area contributed by atoms with Crippen molar-refractivity contribution in [2.75, 3.05) is 11.1 Å². The van der Waals surface area contributed by atoms with Gasteiger partial charge in [0.1, 0.15) is 11.1 Å². The number of fused-ring (bicyclic) bond motifs is 3. The Morgan fingerprint density at radius 2 is 1.79 bits per heavy atom. The summed E-state index contributed by atoms with van der Waals surface area (Å²) in [4.78, 5) is 50.1. The highest BCUT2D eigenvalue weighted by molar-refractivity contribution is 8.01. The predicted molar refractivity (Wildman–Crippen MR) is 153 cm³/mol. The van der Waals surface area contributed by atoms with E-state index in [-0.39, 0.29) is 33.9 Å². The molecule has 8 nitrogen and oxygen atoms in total. The molecule has 0 radical (unpaired) electrons. The minimum absolute atomic E-state index is 0.0137. The van der Waals surface area contributed by atoms with Crippen molar-refractivity contribution in [3.63, 3.8) is 0 Å². The summed E-state index contributed by atoms with van der Waals surface area (Å²) < 4.78 is 0. The molecule has 1 amide bonds. The molecule has 2 aliphatic heterocycles. The molecule has 4 aliphatic rings. The highest BCUT2D eigenvalue weighted by Gasteiger charge is 2.72. The molecule has 8 rings (SSSR count). The molecule has 2 aromatic heterocycles. The number of nitrogens with two attached hydrogens (primary N) is 1. The molecule has 2 fully saturated rings. The third-order valence-electron chi connectivity index (χ3n) is 8.39. The van der Waals surface area contributed by atoms with Crippen molar-refractivity contribution in [1.29, 1.82) is 0 Å². The maximum Gasteiger partial charge on any atom is 0.272 e. The van der Waals surface area contributed by atoms with Gasteiger partial charge in [0.2, 0.25) is 0 Å². The number of anilines is 2. The number of nitrogens with one attached hydrogen (secondary N) is 3. The van der Waals surface area contributed by atoms with E-state index in [9.17, 15) is 14.4 Å². The molecule has 5 N–H and O–H groups in total. The second-order valence-electron chi connectivity index (χ2n) is 10.8. The Balaban J connectivity index is 1.04. The van der Waals surface area contributed by atoms with Crippen LogP contribution in [-0.2, 0) is 4.79 Å². The third kappa shape index (κ3) is 3.07. The van der Waals surface area contributed by atoms with Crippen LogP contribution in [-0.4, -0.2) is 43.7 Å². The van der Waals surface area contributed by atoms with Crippen LogP contribution in [0.5, 0.6) is 0 Å². The number of allylic oxidation sites excluding steroid dienone is 1. The highest BCUT2D eigenvalue weighted by atomic mass is 32.2. The number of carbonyl (C=O) groups excluding carboxylic acids is 3. The first-order valence-electron chi connectivity index (χ1n) is 12.9. The average Bonchev–Trinajstić information content (AvgIpc) is 3.52. The predicted octanol–water partition coefficient (Wildman–Crippen LogP) is 5.02. The van der Waals surface area contributed by atoms with Gasteiger partial charge in [0.15, 0.2) is 11.6 Å². The molecular weight excluding hydrogens is 510 g/mol. The summed E-state index contributed by atoms with van der Waals surface area (Å²) in [5.74, 6) is 0.0953. The van der Waals surface area contributed by atoms with Gasteiger partial charge in [-0.25, -0.2) is 0 Å². The number of aromatic amines is 2. The Hall–Kier alpha value is -4.37. The fourth-order valence-electron chi connectivity index (χ4n) is 6.50. The molecule has 192 valence electrons. The topological polar surface area (TPSA) is 133 Å². The number of nitrogen functional groups attached to an aromatic ring is 1. The Bertz CT molecular complexity index is 1910. The molecular formula is C30H23N5O3S. The second kappa shape index (κ2) is 7.60. The van der Waals surface area contributed by atoms with Gasteiger partial charge in [-0.05, 0) is 66.4 Å². The number of amides is 1. The number of rotatable bonds is 4. The van der Waals surface area contributed by atoms with Gasteiger partial charge in [-0.2, -0.15) is 0 Å². The Labute approximate surface area is 226 Å². The van der Waals surface area contributed by atoms with E-state index in [2.05, 4.69) is 27.2 Å². The van der Waals surface area contributed by atoms with E-state index >= 15 is 0 Å². The number of Topliss-reactive ketones (excluding diaryl/α,β-unsaturated/α-hetero) is 2. The smallest absolute Gasteiger partial charge is 0.272 e. The fraction of sp³-hybridized carbons (Fsp3) is 0.200. The van der Waals surface area contributed by atoms with Crippen molar-refractivity contribution in [3.05, 3.63) is 83.3 Å². The molecule has 4 atom stereocenters. The van der Waals surface area contributed by atoms with Gasteiger partial charge in [0.05, 0.1) is 10.9 Å². The van der Waals surface area contributed by atoms with E-state index in [0.29, 0.717) is 22.8 Å². The zero-order valence-corrected chi connectivity index (χ0v) is 21.7. The molecule has 9 heteroatoms. The standard InChI is InChI=1S/C30H23N5O3S/c1-13-6-24-18(30-19(28(30)37)12-32-27(13)30)11-25(39-24)26(36)22-9-15-8-17(3-5-21(15)34-22)33-29(38)23-10-14-7-16(31)2-4-20(14)35-23/h2-5,7-13,24-25,34-35H,6,31H2,1H3,(H,33,38)/t13-,24+,25?,30?/m1/s1. The van der Waals surface area contributed by atoms with Crippen molar-refractivity contribution in [1.82, 2.24) is 9.97 Å². The molecule has 0 bridgehead atoms. The van der Waals surface area contributed by atoms with Gasteiger partial charge in [-0.3, -0.25) is 19.4 Å². The van der Waals surface area contributed by atoms with E-state index in [0.717, 1.165) is 45.1 Å². The monoisotopic (exact) mass is 533 g/mol. The van der Waals surface area contributed by atoms with Gasteiger partial charge < -0.3 is 21.0 Å². The number of aliphatic imine (C=N–C) groups is 1. The van der Waals surface area contributed by atoms with Crippen LogP contribution in [0, 0.1) is 11.3 Å². The van der Waals surface area contributed by atoms with Crippen LogP contribution in [0.2, 0.25) is 0 Å². The summed E-state index contributed by atoms with van der Waals surface area (Å²) in [6, 6.07) is 14.6. The maximum absolute atomic E-state index is 13.6. The van der Waals surface area contributed by atoms with Crippen molar-refractivity contribution >= 4 is 68.1 Å². The van der Waals surface area contributed by atoms with Gasteiger partial charge in [-0.15, -0.1) is 11.8 Å². The number of carbonyl (C=O) groups is 3. The molecule has 39 heavy (non-hydrogen) atoms. The minimum atomic E-state index is -0.643. The highest BCUT2D eigenvalue weighted by Crippen LogP contribution is 2.66. The van der Waals surface area contributed by atoms with Crippen molar-refractivity contribution < 1.29 is 14.4 Å². The minimum Gasteiger partial charge on any atom is -0.399 e. The molecule has 4 heterocycles. The van der Waals surface area contributed by atoms with Crippen LogP contribution >= 0.6 is 11.8 Å². The molecule has 2 saturated carbocycles. The van der Waals surface area contributed by atoms with Crippen LogP contribution in [0.25, 0.3) is 21.8 Å². The Morgan fingerprint density at radius 3 is 2.62 bits per heavy atom. The van der Waals surface area contributed by atoms with Crippen molar-refractivity contribution in [3.8, 4) is 0 Å². The third-order valence-corrected chi connectivity index (χ3v) is 9.81. The van der Waals surface area contributed by atoms with E-state index < -0.39 is 5.41 Å². The van der Waals surface area contributed by atoms with Gasteiger partial charge >= 0.3 is 0 Å². The van der Waals surface area contributed by atoms with Crippen LogP contribution in [0.3, 0.4) is 0 Å². The zero-order chi connectivity index (χ0) is 26.6. The number of ketones is 2. The van der Waals surface area contributed by atoms with E-state index in [1.807, 2.05) is 36.4 Å². The summed E-state index contributed by atoms with van der Waals surface area (Å²) in [5.41, 5.74) is 11.9. The number of H-pyrrole nitrogens is 2. The van der Waals surface area contributed by atoms with Crippen LogP contribution in [0.4, 0.5) is 11.4 Å². The van der Waals surface area contributed by atoms with E-state index in [1.54, 1.807) is 36.2 Å². The van der Waals surface area contributed by atoms with Crippen molar-refractivity contribution in [2.24, 2.45) is 16.3 Å². The van der Waals surface area contributed by atoms with Crippen LogP contribution in [0.1, 0.15) is 34.3 Å². The number of hydrogen-bond donors (Lipinski definition) is 4. The Morgan fingerprint density at radius 1 is 1.05 bits per heavy atom. The molecule has 2 unspecified atom stereocenters. The lowest BCUT2D eigenvalue weighted by Crippen LogP contribution is -2.36. The SMILES string of the molecule is C[C@@H]1C[C@@H]2SC(C(=O)c3cc4cc(NC(=O)c5cc6cc(N)ccc6[nH]5)ccc4[nH]3)C=C2C23C(=O)C2=CN=C13. The second-order valence-corrected chi connectivity index (χ2v) is 12.1. The van der Waals surface area contributed by atoms with E-state index in [4.69, 9.17) is 5.73 Å². The van der Waals surface area contributed by atoms with Gasteiger partial charge in [0.25, 0.3) is 5.91 Å². The molecule has 2 aromatic carbocycles. The molecule has 2 aliphatic carbocycles. The number of nitrogens with zero attached hydrogens (tertiary/aromatic N) is 1. The molecule has 4 aromatic rings. The van der Waals surface area contributed by atoms with Crippen molar-refractivity contribution in [2.45, 2.75) is 23.8 Å². The zero-order valence-electron chi connectivity index (χ0n) is 20.9. The van der Waals surface area contributed by atoms with E-state index in [1.165, 1.54) is 0 Å². The summed E-state index contributed by atoms with van der Waals surface area (Å²) >= 11 is 1.63. The van der Waals surface area contributed by atoms with Gasteiger partial charge in [-0.1, -0.05) is 13.0 Å². The maximum atomic E-state index is 13.6. The van der Waals surface area contributed by atoms with Crippen LogP contribution in [0.15, 0.2) is 76.9 Å². The molecule has 1 spiro atoms. The quantitative estimate of drug-likeness (QED) is 0.166. The largest absolute Gasteiger partial charge is 0.399 e. The lowest BCUT2D eigenvalue weighted by Gasteiger charge is -2.32. The number of aromatic nitrogens is 2. The molecule has 0 saturated heterocycles. The average molecular weight is 534 g/mol. The number of benzene rings is 2. The number of hydrogen-bond acceptors (Lipinski definition) is 6. The van der Waals surface area contributed by atoms with Gasteiger partial charge in [0, 0.05) is 55.9 Å². The first-order chi connectivity index (χ1) is 18.8. The summed E-state index contributed by atoms with van der Waals surface area (Å²) in [6.07, 6.45) is 4.61. The first kappa shape index (κ1) is 22.6. The first-order valence-corrected chi connectivity index (χ1v) is 13.8. The Kier molecular flexibility index (Phi) is 4.41. The normalized spacial score (nSPS) is 26.5.